The molecule has 0 atom stereocenters. The van der Waals surface area contributed by atoms with Crippen LogP contribution in [-0.4, -0.2) is 29.9 Å². The van der Waals surface area contributed by atoms with Crippen molar-refractivity contribution in [2.75, 3.05) is 23.3 Å². The summed E-state index contributed by atoms with van der Waals surface area (Å²) in [5, 5.41) is 5.58. The molecular formula is C33H31F3N4O2. The second kappa shape index (κ2) is 12.9. The van der Waals surface area contributed by atoms with E-state index in [0.29, 0.717) is 17.2 Å². The van der Waals surface area contributed by atoms with Crippen molar-refractivity contribution in [2.24, 2.45) is 5.92 Å². The fraction of sp³-hybridized carbons (Fsp3) is 0.242. The smallest absolute Gasteiger partial charge is 0.371 e. The summed E-state index contributed by atoms with van der Waals surface area (Å²) < 4.78 is 39.5. The lowest BCUT2D eigenvalue weighted by atomic mass is 9.89. The molecule has 0 aliphatic carbocycles. The first kappa shape index (κ1) is 28.9. The van der Waals surface area contributed by atoms with Gasteiger partial charge in [0.2, 0.25) is 0 Å². The highest BCUT2D eigenvalue weighted by atomic mass is 19.4. The molecule has 9 heteroatoms. The maximum atomic E-state index is 13.5. The van der Waals surface area contributed by atoms with Gasteiger partial charge in [-0.05, 0) is 78.8 Å². The second-order valence-corrected chi connectivity index (χ2v) is 10.4. The highest BCUT2D eigenvalue weighted by molar-refractivity contribution is 6.06. The third kappa shape index (κ3) is 7.34. The Hall–Kier alpha value is -4.66. The van der Waals surface area contributed by atoms with E-state index in [1.165, 1.54) is 17.7 Å². The summed E-state index contributed by atoms with van der Waals surface area (Å²) in [5.74, 6) is -0.481. The van der Waals surface area contributed by atoms with Crippen LogP contribution in [0.4, 0.5) is 24.5 Å². The third-order valence-corrected chi connectivity index (χ3v) is 7.45. The van der Waals surface area contributed by atoms with Gasteiger partial charge in [-0.1, -0.05) is 42.5 Å². The number of amides is 2. The lowest BCUT2D eigenvalue weighted by Crippen LogP contribution is -2.36. The highest BCUT2D eigenvalue weighted by Crippen LogP contribution is 2.32. The van der Waals surface area contributed by atoms with Gasteiger partial charge in [0.1, 0.15) is 0 Å². The number of nitrogens with zero attached hydrogens (tertiary/aromatic N) is 2. The Morgan fingerprint density at radius 3 is 2.33 bits per heavy atom. The number of halogens is 3. The number of rotatable bonds is 8. The van der Waals surface area contributed by atoms with Gasteiger partial charge in [0.05, 0.1) is 11.1 Å². The Morgan fingerprint density at radius 1 is 0.857 bits per heavy atom. The Kier molecular flexibility index (Phi) is 8.85. The zero-order chi connectivity index (χ0) is 29.5. The maximum absolute atomic E-state index is 13.5. The summed E-state index contributed by atoms with van der Waals surface area (Å²) in [7, 11) is 0. The van der Waals surface area contributed by atoms with E-state index in [1.807, 2.05) is 24.3 Å². The van der Waals surface area contributed by atoms with Crippen molar-refractivity contribution >= 4 is 23.2 Å². The molecular weight excluding hydrogens is 541 g/mol. The average Bonchev–Trinajstić information content (AvgIpc) is 3.01. The van der Waals surface area contributed by atoms with Crippen molar-refractivity contribution in [3.05, 3.63) is 125 Å². The van der Waals surface area contributed by atoms with Crippen LogP contribution in [0.5, 0.6) is 0 Å². The Morgan fingerprint density at radius 2 is 1.62 bits per heavy atom. The van der Waals surface area contributed by atoms with Crippen molar-refractivity contribution in [1.82, 2.24) is 10.3 Å². The molecule has 1 aliphatic rings. The molecule has 4 aromatic rings. The number of piperidine rings is 1. The fourth-order valence-electron chi connectivity index (χ4n) is 5.22. The molecule has 1 saturated heterocycles. The molecule has 1 aliphatic heterocycles. The summed E-state index contributed by atoms with van der Waals surface area (Å²) >= 11 is 0. The van der Waals surface area contributed by atoms with Gasteiger partial charge in [-0.3, -0.25) is 14.6 Å². The Balaban J connectivity index is 1.34. The molecule has 6 nitrogen and oxygen atoms in total. The van der Waals surface area contributed by atoms with E-state index < -0.39 is 17.6 Å². The number of alkyl halides is 3. The maximum Gasteiger partial charge on any atom is 0.416 e. The largest absolute Gasteiger partial charge is 0.416 e. The van der Waals surface area contributed by atoms with Crippen molar-refractivity contribution in [1.29, 1.82) is 0 Å². The van der Waals surface area contributed by atoms with E-state index >= 15 is 0 Å². The Bertz CT molecular complexity index is 1520. The number of nitrogens with one attached hydrogen (secondary N) is 2. The topological polar surface area (TPSA) is 74.3 Å². The molecule has 0 radical (unpaired) electrons. The fourth-order valence-corrected chi connectivity index (χ4v) is 5.22. The van der Waals surface area contributed by atoms with Crippen LogP contribution < -0.4 is 15.5 Å². The monoisotopic (exact) mass is 572 g/mol. The van der Waals surface area contributed by atoms with E-state index in [4.69, 9.17) is 0 Å². The molecule has 0 spiro atoms. The molecule has 0 saturated carbocycles. The van der Waals surface area contributed by atoms with Gasteiger partial charge >= 0.3 is 6.18 Å². The van der Waals surface area contributed by atoms with Gasteiger partial charge in [0.25, 0.3) is 11.8 Å². The van der Waals surface area contributed by atoms with E-state index in [1.54, 1.807) is 36.7 Å². The first-order valence-electron chi connectivity index (χ1n) is 13.8. The Labute approximate surface area is 242 Å². The molecule has 5 rings (SSSR count). The lowest BCUT2D eigenvalue weighted by Gasteiger charge is -2.35. The van der Waals surface area contributed by atoms with Crippen molar-refractivity contribution in [3.8, 4) is 0 Å². The van der Waals surface area contributed by atoms with Crippen molar-refractivity contribution in [3.63, 3.8) is 0 Å². The van der Waals surface area contributed by atoms with Crippen LogP contribution in [0, 0.1) is 5.92 Å². The molecule has 0 bridgehead atoms. The van der Waals surface area contributed by atoms with Gasteiger partial charge in [-0.15, -0.1) is 0 Å². The number of anilines is 2. The van der Waals surface area contributed by atoms with E-state index in [0.717, 1.165) is 55.7 Å². The minimum atomic E-state index is -4.56. The SMILES string of the molecule is O=C(Nc1ccc(N2CCC(Cc3ccccc3)CC2)c(C(=O)NCc2cccnc2)c1)c1cccc(C(F)(F)F)c1. The zero-order valence-electron chi connectivity index (χ0n) is 22.9. The van der Waals surface area contributed by atoms with Crippen LogP contribution in [0.3, 0.4) is 0 Å². The number of pyridine rings is 1. The van der Waals surface area contributed by atoms with Gasteiger partial charge in [0.15, 0.2) is 0 Å². The zero-order valence-corrected chi connectivity index (χ0v) is 22.9. The minimum Gasteiger partial charge on any atom is -0.371 e. The van der Waals surface area contributed by atoms with Crippen molar-refractivity contribution < 1.29 is 22.8 Å². The second-order valence-electron chi connectivity index (χ2n) is 10.4. The van der Waals surface area contributed by atoms with E-state index in [9.17, 15) is 22.8 Å². The van der Waals surface area contributed by atoms with Gasteiger partial charge in [0, 0.05) is 49.0 Å². The summed E-state index contributed by atoms with van der Waals surface area (Å²) in [6, 6.07) is 23.3. The van der Waals surface area contributed by atoms with Crippen LogP contribution in [0.1, 0.15) is 50.2 Å². The molecule has 3 aromatic carbocycles. The summed E-state index contributed by atoms with van der Waals surface area (Å²) in [4.78, 5) is 32.6. The lowest BCUT2D eigenvalue weighted by molar-refractivity contribution is -0.137. The predicted molar refractivity (Wildman–Crippen MR) is 156 cm³/mol. The molecule has 2 heterocycles. The first-order chi connectivity index (χ1) is 20.3. The van der Waals surface area contributed by atoms with Crippen LogP contribution >= 0.6 is 0 Å². The van der Waals surface area contributed by atoms with Crippen LogP contribution in [0.2, 0.25) is 0 Å². The molecule has 216 valence electrons. The van der Waals surface area contributed by atoms with E-state index in [-0.39, 0.29) is 18.0 Å². The number of hydrogen-bond donors (Lipinski definition) is 2. The number of carbonyl (C=O) groups excluding carboxylic acids is 2. The molecule has 2 N–H and O–H groups in total. The predicted octanol–water partition coefficient (Wildman–Crippen LogP) is 6.74. The van der Waals surface area contributed by atoms with Gasteiger partial charge in [-0.25, -0.2) is 0 Å². The average molecular weight is 573 g/mol. The van der Waals surface area contributed by atoms with E-state index in [2.05, 4.69) is 32.7 Å². The minimum absolute atomic E-state index is 0.128. The summed E-state index contributed by atoms with van der Waals surface area (Å²) in [6.07, 6.45) is 1.71. The normalized spacial score (nSPS) is 13.9. The third-order valence-electron chi connectivity index (χ3n) is 7.45. The van der Waals surface area contributed by atoms with Crippen LogP contribution in [-0.2, 0) is 19.1 Å². The number of aromatic nitrogens is 1. The van der Waals surface area contributed by atoms with Gasteiger partial charge < -0.3 is 15.5 Å². The van der Waals surface area contributed by atoms with Crippen molar-refractivity contribution in [2.45, 2.75) is 32.0 Å². The molecule has 1 fully saturated rings. The van der Waals surface area contributed by atoms with Crippen LogP contribution in [0.15, 0.2) is 97.3 Å². The molecule has 1 aromatic heterocycles. The number of hydrogen-bond acceptors (Lipinski definition) is 4. The van der Waals surface area contributed by atoms with Gasteiger partial charge in [-0.2, -0.15) is 13.2 Å². The summed E-state index contributed by atoms with van der Waals surface area (Å²) in [5.41, 5.74) is 2.55. The summed E-state index contributed by atoms with van der Waals surface area (Å²) in [6.45, 7) is 1.82. The highest BCUT2D eigenvalue weighted by Gasteiger charge is 2.31. The molecule has 42 heavy (non-hydrogen) atoms. The number of carbonyl (C=O) groups is 2. The number of benzene rings is 3. The standard InChI is InChI=1S/C33H31F3N4O2/c34-33(35,36)27-10-4-9-26(19-27)31(41)39-28-11-12-30(29(20-28)32(42)38-22-25-8-5-15-37-21-25)40-16-13-24(14-17-40)18-23-6-2-1-3-7-23/h1-12,15,19-21,24H,13-14,16-18,22H2,(H,38,42)(H,39,41). The molecule has 0 unspecified atom stereocenters. The first-order valence-corrected chi connectivity index (χ1v) is 13.8. The van der Waals surface area contributed by atoms with Crippen LogP contribution in [0.25, 0.3) is 0 Å². The molecule has 2 amide bonds. The quantitative estimate of drug-likeness (QED) is 0.245.